The molecule has 1 aliphatic rings. The molecule has 1 atom stereocenters. The predicted molar refractivity (Wildman–Crippen MR) is 74.7 cm³/mol. The summed E-state index contributed by atoms with van der Waals surface area (Å²) in [5.41, 5.74) is 2.29. The van der Waals surface area contributed by atoms with Crippen molar-refractivity contribution in [3.05, 3.63) is 41.7 Å². The Morgan fingerprint density at radius 3 is 3.00 bits per heavy atom. The van der Waals surface area contributed by atoms with Gasteiger partial charge >= 0.3 is 0 Å². The zero-order valence-electron chi connectivity index (χ0n) is 11.4. The highest BCUT2D eigenvalue weighted by molar-refractivity contribution is 5.34. The average Bonchev–Trinajstić information content (AvgIpc) is 3.01. The lowest BCUT2D eigenvalue weighted by Crippen LogP contribution is -2.15. The number of hydrogen-bond donors (Lipinski definition) is 1. The van der Waals surface area contributed by atoms with Crippen LogP contribution in [-0.4, -0.2) is 22.9 Å². The first kappa shape index (κ1) is 12.2. The van der Waals surface area contributed by atoms with E-state index < -0.39 is 0 Å². The fourth-order valence-electron chi connectivity index (χ4n) is 2.53. The number of nitrogens with one attached hydrogen (secondary N) is 1. The van der Waals surface area contributed by atoms with E-state index in [2.05, 4.69) is 35.0 Å². The molecule has 0 aliphatic carbocycles. The summed E-state index contributed by atoms with van der Waals surface area (Å²) in [6.07, 6.45) is 2.95. The van der Waals surface area contributed by atoms with Crippen LogP contribution in [-0.2, 0) is 0 Å². The maximum absolute atomic E-state index is 5.93. The fraction of sp³-hybridized carbons (Fsp3) is 0.400. The maximum atomic E-state index is 5.93. The minimum absolute atomic E-state index is 0.454. The van der Waals surface area contributed by atoms with Crippen molar-refractivity contribution in [2.45, 2.75) is 26.3 Å². The summed E-state index contributed by atoms with van der Waals surface area (Å²) in [5, 5.41) is 7.83. The van der Waals surface area contributed by atoms with E-state index in [-0.39, 0.29) is 0 Å². The SMILES string of the molecule is Cc1cccc(Oc2cnn(C3CCNC3)c2C)c1. The Hall–Kier alpha value is -1.81. The zero-order valence-corrected chi connectivity index (χ0v) is 11.4. The Bertz CT molecular complexity index is 571. The third kappa shape index (κ3) is 2.49. The van der Waals surface area contributed by atoms with Crippen molar-refractivity contribution in [1.82, 2.24) is 15.1 Å². The van der Waals surface area contributed by atoms with Gasteiger partial charge in [-0.2, -0.15) is 5.10 Å². The van der Waals surface area contributed by atoms with Gasteiger partial charge in [-0.15, -0.1) is 0 Å². The molecule has 0 radical (unpaired) electrons. The molecule has 4 heteroatoms. The van der Waals surface area contributed by atoms with Gasteiger partial charge in [-0.25, -0.2) is 0 Å². The van der Waals surface area contributed by atoms with Gasteiger partial charge in [0, 0.05) is 6.54 Å². The average molecular weight is 257 g/mol. The molecule has 0 bridgehead atoms. The molecule has 1 N–H and O–H groups in total. The molecule has 2 heterocycles. The van der Waals surface area contributed by atoms with Gasteiger partial charge < -0.3 is 10.1 Å². The van der Waals surface area contributed by atoms with Gasteiger partial charge in [0.05, 0.1) is 17.9 Å². The highest BCUT2D eigenvalue weighted by Crippen LogP contribution is 2.28. The third-order valence-corrected chi connectivity index (χ3v) is 3.60. The molecule has 1 aliphatic heterocycles. The van der Waals surface area contributed by atoms with Gasteiger partial charge in [0.1, 0.15) is 5.75 Å². The number of rotatable bonds is 3. The van der Waals surface area contributed by atoms with Gasteiger partial charge in [0.2, 0.25) is 0 Å². The van der Waals surface area contributed by atoms with E-state index in [0.29, 0.717) is 6.04 Å². The minimum Gasteiger partial charge on any atom is -0.454 e. The lowest BCUT2D eigenvalue weighted by atomic mass is 10.2. The van der Waals surface area contributed by atoms with Crippen LogP contribution in [0.25, 0.3) is 0 Å². The number of hydrogen-bond acceptors (Lipinski definition) is 3. The van der Waals surface area contributed by atoms with E-state index >= 15 is 0 Å². The standard InChI is InChI=1S/C15H19N3O/c1-11-4-3-5-14(8-11)19-15-10-17-18(12(15)2)13-6-7-16-9-13/h3-5,8,10,13,16H,6-7,9H2,1-2H3. The number of benzene rings is 1. The van der Waals surface area contributed by atoms with Crippen LogP contribution in [0.2, 0.25) is 0 Å². The van der Waals surface area contributed by atoms with Gasteiger partial charge in [0.25, 0.3) is 0 Å². The molecule has 3 rings (SSSR count). The Kier molecular flexibility index (Phi) is 3.25. The summed E-state index contributed by atoms with van der Waals surface area (Å²) < 4.78 is 8.00. The van der Waals surface area contributed by atoms with Crippen LogP contribution in [0.1, 0.15) is 23.7 Å². The largest absolute Gasteiger partial charge is 0.454 e. The smallest absolute Gasteiger partial charge is 0.168 e. The monoisotopic (exact) mass is 257 g/mol. The molecule has 0 spiro atoms. The number of aryl methyl sites for hydroxylation is 1. The van der Waals surface area contributed by atoms with E-state index in [1.54, 1.807) is 0 Å². The number of aromatic nitrogens is 2. The van der Waals surface area contributed by atoms with Crippen LogP contribution in [0.15, 0.2) is 30.5 Å². The van der Waals surface area contributed by atoms with Crippen LogP contribution in [0.5, 0.6) is 11.5 Å². The summed E-state index contributed by atoms with van der Waals surface area (Å²) in [7, 11) is 0. The van der Waals surface area contributed by atoms with Crippen molar-refractivity contribution in [2.24, 2.45) is 0 Å². The van der Waals surface area contributed by atoms with E-state index in [4.69, 9.17) is 4.74 Å². The van der Waals surface area contributed by atoms with Gasteiger partial charge in [0.15, 0.2) is 5.75 Å². The normalized spacial score (nSPS) is 18.7. The van der Waals surface area contributed by atoms with Gasteiger partial charge in [-0.3, -0.25) is 4.68 Å². The highest BCUT2D eigenvalue weighted by Gasteiger charge is 2.20. The van der Waals surface area contributed by atoms with Crippen LogP contribution in [0, 0.1) is 13.8 Å². The summed E-state index contributed by atoms with van der Waals surface area (Å²) >= 11 is 0. The lowest BCUT2D eigenvalue weighted by Gasteiger charge is -2.12. The van der Waals surface area contributed by atoms with Crippen LogP contribution in [0.4, 0.5) is 0 Å². The van der Waals surface area contributed by atoms with E-state index in [0.717, 1.165) is 36.7 Å². The fourth-order valence-corrected chi connectivity index (χ4v) is 2.53. The second-order valence-corrected chi connectivity index (χ2v) is 5.10. The van der Waals surface area contributed by atoms with Crippen LogP contribution in [0.3, 0.4) is 0 Å². The summed E-state index contributed by atoms with van der Waals surface area (Å²) in [5.74, 6) is 1.71. The van der Waals surface area contributed by atoms with Crippen molar-refractivity contribution >= 4 is 0 Å². The Morgan fingerprint density at radius 2 is 2.26 bits per heavy atom. The molecule has 4 nitrogen and oxygen atoms in total. The Morgan fingerprint density at radius 1 is 1.37 bits per heavy atom. The minimum atomic E-state index is 0.454. The highest BCUT2D eigenvalue weighted by atomic mass is 16.5. The third-order valence-electron chi connectivity index (χ3n) is 3.60. The first-order valence-corrected chi connectivity index (χ1v) is 6.73. The Labute approximate surface area is 113 Å². The van der Waals surface area contributed by atoms with Crippen molar-refractivity contribution in [2.75, 3.05) is 13.1 Å². The van der Waals surface area contributed by atoms with E-state index in [9.17, 15) is 0 Å². The van der Waals surface area contributed by atoms with Crippen molar-refractivity contribution < 1.29 is 4.74 Å². The maximum Gasteiger partial charge on any atom is 0.168 e. The van der Waals surface area contributed by atoms with Crippen LogP contribution < -0.4 is 10.1 Å². The van der Waals surface area contributed by atoms with Gasteiger partial charge in [-0.1, -0.05) is 12.1 Å². The second kappa shape index (κ2) is 5.05. The topological polar surface area (TPSA) is 39.1 Å². The molecule has 100 valence electrons. The molecule has 0 saturated carbocycles. The molecular formula is C15H19N3O. The summed E-state index contributed by atoms with van der Waals surface area (Å²) in [6.45, 7) is 6.19. The Balaban J connectivity index is 1.82. The van der Waals surface area contributed by atoms with E-state index in [1.807, 2.05) is 24.4 Å². The lowest BCUT2D eigenvalue weighted by molar-refractivity contribution is 0.456. The molecule has 19 heavy (non-hydrogen) atoms. The molecule has 1 saturated heterocycles. The molecule has 2 aromatic rings. The number of nitrogens with zero attached hydrogens (tertiary/aromatic N) is 2. The molecule has 1 fully saturated rings. The molecule has 1 aromatic carbocycles. The first-order valence-electron chi connectivity index (χ1n) is 6.73. The van der Waals surface area contributed by atoms with Crippen LogP contribution >= 0.6 is 0 Å². The molecular weight excluding hydrogens is 238 g/mol. The zero-order chi connectivity index (χ0) is 13.2. The second-order valence-electron chi connectivity index (χ2n) is 5.10. The summed E-state index contributed by atoms with van der Waals surface area (Å²) in [4.78, 5) is 0. The van der Waals surface area contributed by atoms with Crippen molar-refractivity contribution in [3.8, 4) is 11.5 Å². The number of ether oxygens (including phenoxy) is 1. The summed E-state index contributed by atoms with van der Waals surface area (Å²) in [6, 6.07) is 8.53. The molecule has 1 unspecified atom stereocenters. The first-order chi connectivity index (χ1) is 9.24. The molecule has 0 amide bonds. The predicted octanol–water partition coefficient (Wildman–Crippen LogP) is 2.83. The quantitative estimate of drug-likeness (QED) is 0.919. The van der Waals surface area contributed by atoms with Crippen molar-refractivity contribution in [1.29, 1.82) is 0 Å². The molecule has 1 aromatic heterocycles. The van der Waals surface area contributed by atoms with E-state index in [1.165, 1.54) is 5.56 Å². The van der Waals surface area contributed by atoms with Crippen molar-refractivity contribution in [3.63, 3.8) is 0 Å². The van der Waals surface area contributed by atoms with Gasteiger partial charge in [-0.05, 0) is 44.5 Å².